The number of aromatic nitrogens is 2. The van der Waals surface area contributed by atoms with Crippen molar-refractivity contribution in [3.05, 3.63) is 34.4 Å². The summed E-state index contributed by atoms with van der Waals surface area (Å²) in [6, 6.07) is 5.41. The molecule has 2 aromatic rings. The normalized spacial score (nSPS) is 15.6. The molecule has 4 nitrogen and oxygen atoms in total. The molecular formula is C16H18Cl2N4. The van der Waals surface area contributed by atoms with Gasteiger partial charge in [-0.3, -0.25) is 0 Å². The maximum Gasteiger partial charge on any atom is 0.152 e. The molecule has 0 aliphatic carbocycles. The van der Waals surface area contributed by atoms with Gasteiger partial charge in [-0.05, 0) is 18.9 Å². The average Bonchev–Trinajstić information content (AvgIpc) is 2.79. The molecule has 22 heavy (non-hydrogen) atoms. The molecule has 2 heterocycles. The van der Waals surface area contributed by atoms with E-state index in [1.807, 2.05) is 12.1 Å². The molecule has 6 heteroatoms. The topological polar surface area (TPSA) is 55.0 Å². The van der Waals surface area contributed by atoms with Crippen LogP contribution in [0.15, 0.2) is 24.4 Å². The van der Waals surface area contributed by atoms with Gasteiger partial charge in [-0.1, -0.05) is 48.2 Å². The summed E-state index contributed by atoms with van der Waals surface area (Å²) in [5.41, 5.74) is 7.40. The lowest BCUT2D eigenvalue weighted by Gasteiger charge is -2.21. The van der Waals surface area contributed by atoms with Crippen LogP contribution in [0.25, 0.3) is 11.3 Å². The van der Waals surface area contributed by atoms with Crippen LogP contribution in [0.2, 0.25) is 10.0 Å². The first-order valence-corrected chi connectivity index (χ1v) is 8.24. The van der Waals surface area contributed by atoms with Crippen LogP contribution in [-0.2, 0) is 0 Å². The van der Waals surface area contributed by atoms with Gasteiger partial charge in [0, 0.05) is 18.7 Å². The highest BCUT2D eigenvalue weighted by molar-refractivity contribution is 6.43. The van der Waals surface area contributed by atoms with Crippen LogP contribution in [-0.4, -0.2) is 23.1 Å². The summed E-state index contributed by atoms with van der Waals surface area (Å²) in [6.45, 7) is 2.01. The van der Waals surface area contributed by atoms with Gasteiger partial charge < -0.3 is 10.6 Å². The standard InChI is InChI=1S/C16H18Cl2N4/c17-12-7-5-6-11(14(12)18)15-16(19)21-13(10-20-15)22-8-3-1-2-4-9-22/h5-7,10H,1-4,8-9H2,(H2,19,21). The van der Waals surface area contributed by atoms with Gasteiger partial charge in [0.2, 0.25) is 0 Å². The van der Waals surface area contributed by atoms with E-state index in [4.69, 9.17) is 28.9 Å². The molecule has 0 bridgehead atoms. The SMILES string of the molecule is Nc1nc(N2CCCCCC2)cnc1-c1cccc(Cl)c1Cl. The summed E-state index contributed by atoms with van der Waals surface area (Å²) >= 11 is 12.3. The highest BCUT2D eigenvalue weighted by Gasteiger charge is 2.16. The second-order valence-electron chi connectivity index (χ2n) is 5.46. The third-order valence-corrected chi connectivity index (χ3v) is 4.74. The second-order valence-corrected chi connectivity index (χ2v) is 6.25. The fourth-order valence-electron chi connectivity index (χ4n) is 2.74. The first kappa shape index (κ1) is 15.4. The molecule has 1 aliphatic rings. The van der Waals surface area contributed by atoms with Gasteiger partial charge in [-0.2, -0.15) is 0 Å². The van der Waals surface area contributed by atoms with Crippen molar-refractivity contribution in [2.45, 2.75) is 25.7 Å². The van der Waals surface area contributed by atoms with E-state index in [0.717, 1.165) is 18.9 Å². The number of hydrogen-bond acceptors (Lipinski definition) is 4. The van der Waals surface area contributed by atoms with Gasteiger partial charge in [0.05, 0.1) is 16.2 Å². The van der Waals surface area contributed by atoms with Crippen LogP contribution < -0.4 is 10.6 Å². The van der Waals surface area contributed by atoms with Crippen molar-refractivity contribution in [1.29, 1.82) is 0 Å². The van der Waals surface area contributed by atoms with E-state index in [-0.39, 0.29) is 0 Å². The number of nitrogens with zero attached hydrogens (tertiary/aromatic N) is 3. The fourth-order valence-corrected chi connectivity index (χ4v) is 3.13. The summed E-state index contributed by atoms with van der Waals surface area (Å²) in [6.07, 6.45) is 6.69. The molecule has 1 aliphatic heterocycles. The Hall–Kier alpha value is -1.52. The van der Waals surface area contributed by atoms with E-state index in [9.17, 15) is 0 Å². The van der Waals surface area contributed by atoms with Crippen molar-refractivity contribution in [2.24, 2.45) is 0 Å². The third-order valence-electron chi connectivity index (χ3n) is 3.92. The van der Waals surface area contributed by atoms with Crippen LogP contribution >= 0.6 is 23.2 Å². The van der Waals surface area contributed by atoms with E-state index >= 15 is 0 Å². The largest absolute Gasteiger partial charge is 0.382 e. The third kappa shape index (κ3) is 3.13. The minimum atomic E-state index is 0.380. The number of nitrogens with two attached hydrogens (primary N) is 1. The molecule has 0 amide bonds. The highest BCUT2D eigenvalue weighted by atomic mass is 35.5. The summed E-state index contributed by atoms with van der Waals surface area (Å²) in [5, 5.41) is 0.935. The molecule has 0 radical (unpaired) electrons. The summed E-state index contributed by atoms with van der Waals surface area (Å²) < 4.78 is 0. The van der Waals surface area contributed by atoms with Gasteiger partial charge in [0.1, 0.15) is 11.5 Å². The lowest BCUT2D eigenvalue weighted by atomic mass is 10.1. The molecular weight excluding hydrogens is 319 g/mol. The fraction of sp³-hybridized carbons (Fsp3) is 0.375. The molecule has 3 rings (SSSR count). The zero-order valence-corrected chi connectivity index (χ0v) is 13.7. The van der Waals surface area contributed by atoms with Crippen molar-refractivity contribution < 1.29 is 0 Å². The summed E-state index contributed by atoms with van der Waals surface area (Å²) in [4.78, 5) is 11.3. The van der Waals surface area contributed by atoms with Gasteiger partial charge in [-0.15, -0.1) is 0 Å². The average molecular weight is 337 g/mol. The van der Waals surface area contributed by atoms with E-state index in [1.54, 1.807) is 12.3 Å². The summed E-state index contributed by atoms with van der Waals surface area (Å²) in [7, 11) is 0. The van der Waals surface area contributed by atoms with Gasteiger partial charge >= 0.3 is 0 Å². The molecule has 0 saturated carbocycles. The van der Waals surface area contributed by atoms with E-state index < -0.39 is 0 Å². The number of rotatable bonds is 2. The number of anilines is 2. The monoisotopic (exact) mass is 336 g/mol. The van der Waals surface area contributed by atoms with Crippen LogP contribution in [0.1, 0.15) is 25.7 Å². The van der Waals surface area contributed by atoms with Gasteiger partial charge in [0.25, 0.3) is 0 Å². The van der Waals surface area contributed by atoms with Crippen molar-refractivity contribution in [3.63, 3.8) is 0 Å². The molecule has 1 aromatic carbocycles. The van der Waals surface area contributed by atoms with Crippen molar-refractivity contribution in [2.75, 3.05) is 23.7 Å². The van der Waals surface area contributed by atoms with Gasteiger partial charge in [-0.25, -0.2) is 9.97 Å². The number of hydrogen-bond donors (Lipinski definition) is 1. The minimum absolute atomic E-state index is 0.380. The van der Waals surface area contributed by atoms with E-state index in [2.05, 4.69) is 14.9 Å². The number of benzene rings is 1. The molecule has 1 fully saturated rings. The Morgan fingerprint density at radius 3 is 2.45 bits per heavy atom. The highest BCUT2D eigenvalue weighted by Crippen LogP contribution is 2.35. The lowest BCUT2D eigenvalue weighted by molar-refractivity contribution is 0.726. The van der Waals surface area contributed by atoms with Crippen molar-refractivity contribution in [1.82, 2.24) is 9.97 Å². The second kappa shape index (κ2) is 6.71. The van der Waals surface area contributed by atoms with Crippen LogP contribution in [0.3, 0.4) is 0 Å². The Bertz CT molecular complexity index is 667. The Morgan fingerprint density at radius 2 is 1.77 bits per heavy atom. The van der Waals surface area contributed by atoms with Crippen molar-refractivity contribution >= 4 is 34.8 Å². The molecule has 2 N–H and O–H groups in total. The number of nitrogen functional groups attached to an aromatic ring is 1. The van der Waals surface area contributed by atoms with Crippen LogP contribution in [0, 0.1) is 0 Å². The molecule has 0 atom stereocenters. The Morgan fingerprint density at radius 1 is 1.05 bits per heavy atom. The number of halogens is 2. The quantitative estimate of drug-likeness (QED) is 0.882. The zero-order valence-electron chi connectivity index (χ0n) is 12.2. The van der Waals surface area contributed by atoms with Crippen LogP contribution in [0.5, 0.6) is 0 Å². The molecule has 0 unspecified atom stereocenters. The molecule has 1 aromatic heterocycles. The molecule has 0 spiro atoms. The van der Waals surface area contributed by atoms with Gasteiger partial charge in [0.15, 0.2) is 5.82 Å². The molecule has 116 valence electrons. The Labute approximate surface area is 140 Å². The predicted molar refractivity (Wildman–Crippen MR) is 92.6 cm³/mol. The first-order valence-electron chi connectivity index (χ1n) is 7.48. The van der Waals surface area contributed by atoms with Crippen molar-refractivity contribution in [3.8, 4) is 11.3 Å². The Kier molecular flexibility index (Phi) is 4.69. The Balaban J connectivity index is 1.93. The van der Waals surface area contributed by atoms with E-state index in [0.29, 0.717) is 27.1 Å². The van der Waals surface area contributed by atoms with Crippen LogP contribution in [0.4, 0.5) is 11.6 Å². The maximum absolute atomic E-state index is 6.24. The predicted octanol–water partition coefficient (Wildman–Crippen LogP) is 4.41. The first-order chi connectivity index (χ1) is 10.7. The smallest absolute Gasteiger partial charge is 0.152 e. The maximum atomic E-state index is 6.24. The minimum Gasteiger partial charge on any atom is -0.382 e. The lowest BCUT2D eigenvalue weighted by Crippen LogP contribution is -2.25. The summed E-state index contributed by atoms with van der Waals surface area (Å²) in [5.74, 6) is 1.22. The molecule has 1 saturated heterocycles. The van der Waals surface area contributed by atoms with E-state index in [1.165, 1.54) is 25.7 Å². The zero-order chi connectivity index (χ0) is 15.5.